The number of nitrogens with one attached hydrogen (secondary N) is 1. The molecule has 0 unspecified atom stereocenters. The van der Waals surface area contributed by atoms with Crippen LogP contribution in [0.4, 0.5) is 8.78 Å². The Morgan fingerprint density at radius 2 is 1.95 bits per heavy atom. The van der Waals surface area contributed by atoms with E-state index in [9.17, 15) is 18.4 Å². The molecular weight excluding hydrogens is 288 g/mol. The van der Waals surface area contributed by atoms with Gasteiger partial charge in [-0.05, 0) is 37.0 Å². The Kier molecular flexibility index (Phi) is 3.32. The average Bonchev–Trinajstić information content (AvgIpc) is 3.30. The van der Waals surface area contributed by atoms with E-state index in [0.29, 0.717) is 11.5 Å². The minimum Gasteiger partial charge on any atom is -0.319 e. The predicted octanol–water partition coefficient (Wildman–Crippen LogP) is 3.20. The Bertz CT molecular complexity index is 768. The monoisotopic (exact) mass is 301 g/mol. The van der Waals surface area contributed by atoms with Crippen LogP contribution in [0.25, 0.3) is 0 Å². The molecule has 2 aromatic rings. The zero-order chi connectivity index (χ0) is 15.9. The van der Waals surface area contributed by atoms with Gasteiger partial charge in [-0.2, -0.15) is 0 Å². The molecular formula is C17H13F2NO2. The second kappa shape index (κ2) is 5.06. The highest BCUT2D eigenvalue weighted by Crippen LogP contribution is 2.38. The van der Waals surface area contributed by atoms with Crippen LogP contribution in [0.3, 0.4) is 0 Å². The van der Waals surface area contributed by atoms with Crippen molar-refractivity contribution < 1.29 is 13.6 Å². The lowest BCUT2D eigenvalue weighted by Gasteiger charge is -2.07. The first-order valence-electron chi connectivity index (χ1n) is 6.96. The van der Waals surface area contributed by atoms with Gasteiger partial charge in [0.05, 0.1) is 16.8 Å². The molecule has 1 heterocycles. The summed E-state index contributed by atoms with van der Waals surface area (Å²) >= 11 is 0. The normalized spacial score (nSPS) is 14.5. The Morgan fingerprint density at radius 1 is 1.23 bits per heavy atom. The molecule has 112 valence electrons. The predicted molar refractivity (Wildman–Crippen MR) is 76.2 cm³/mol. The summed E-state index contributed by atoms with van der Waals surface area (Å²) in [4.78, 5) is 26.7. The average molecular weight is 301 g/mol. The largest absolute Gasteiger partial charge is 0.319 e. The third kappa shape index (κ3) is 2.77. The number of H-pyrrole nitrogens is 1. The van der Waals surface area contributed by atoms with E-state index in [0.717, 1.165) is 25.8 Å². The number of aromatic amines is 1. The molecule has 0 atom stereocenters. The lowest BCUT2D eigenvalue weighted by molar-refractivity contribution is 0.0174. The van der Waals surface area contributed by atoms with Crippen molar-refractivity contribution >= 4 is 5.78 Å². The van der Waals surface area contributed by atoms with E-state index in [2.05, 4.69) is 17.1 Å². The quantitative estimate of drug-likeness (QED) is 0.882. The number of aromatic nitrogens is 1. The van der Waals surface area contributed by atoms with Crippen molar-refractivity contribution in [1.29, 1.82) is 0 Å². The van der Waals surface area contributed by atoms with Gasteiger partial charge in [-0.25, -0.2) is 8.78 Å². The smallest absolute Gasteiger partial charge is 0.278 e. The summed E-state index contributed by atoms with van der Waals surface area (Å²) in [5.74, 6) is -3.21. The van der Waals surface area contributed by atoms with E-state index in [1.807, 2.05) is 0 Å². The number of hydrogen-bond acceptors (Lipinski definition) is 2. The van der Waals surface area contributed by atoms with Gasteiger partial charge in [0.15, 0.2) is 0 Å². The van der Waals surface area contributed by atoms with Crippen LogP contribution in [0.1, 0.15) is 52.9 Å². The van der Waals surface area contributed by atoms with Crippen LogP contribution in [0, 0.1) is 12.1 Å². The first kappa shape index (κ1) is 14.5. The lowest BCUT2D eigenvalue weighted by Crippen LogP contribution is -2.16. The summed E-state index contributed by atoms with van der Waals surface area (Å²) in [6.45, 7) is 0.752. The maximum absolute atomic E-state index is 13.1. The number of carbonyl (C=O) groups excluding carboxylic acids is 1. The molecule has 0 aliphatic heterocycles. The summed E-state index contributed by atoms with van der Waals surface area (Å²) in [7, 11) is 0. The summed E-state index contributed by atoms with van der Waals surface area (Å²) in [6.07, 6.45) is 1.98. The highest BCUT2D eigenvalue weighted by molar-refractivity contribution is 6.07. The Balaban J connectivity index is 1.87. The van der Waals surface area contributed by atoms with Gasteiger partial charge >= 0.3 is 0 Å². The topological polar surface area (TPSA) is 49.9 Å². The van der Waals surface area contributed by atoms with Crippen molar-refractivity contribution in [2.45, 2.75) is 31.6 Å². The zero-order valence-electron chi connectivity index (χ0n) is 11.9. The maximum Gasteiger partial charge on any atom is 0.278 e. The number of alkyl halides is 2. The van der Waals surface area contributed by atoms with Gasteiger partial charge in [0, 0.05) is 12.5 Å². The molecule has 1 saturated carbocycles. The molecule has 1 aromatic heterocycles. The Morgan fingerprint density at radius 3 is 2.45 bits per heavy atom. The molecule has 1 fully saturated rings. The lowest BCUT2D eigenvalue weighted by atomic mass is 10.1. The van der Waals surface area contributed by atoms with Crippen molar-refractivity contribution in [3.63, 3.8) is 0 Å². The van der Waals surface area contributed by atoms with Gasteiger partial charge < -0.3 is 4.98 Å². The second-order valence-electron chi connectivity index (χ2n) is 5.56. The molecule has 1 aliphatic carbocycles. The summed E-state index contributed by atoms with van der Waals surface area (Å²) in [5.41, 5.74) is 0.293. The fraction of sp³-hybridized carbons (Fsp3) is 0.294. The van der Waals surface area contributed by atoms with Crippen LogP contribution in [0.15, 0.2) is 29.1 Å². The number of carbonyl (C=O) groups is 1. The van der Waals surface area contributed by atoms with Crippen molar-refractivity contribution in [2.75, 3.05) is 0 Å². The summed E-state index contributed by atoms with van der Waals surface area (Å²) in [5, 5.41) is 0. The van der Waals surface area contributed by atoms with E-state index in [1.54, 1.807) is 12.1 Å². The highest BCUT2D eigenvalue weighted by Gasteiger charge is 2.27. The SMILES string of the molecule is CC(F)(F)c1c#cc(C(=O)c2ccc(C3CC3)c(=O)[nH]2)cc1. The standard InChI is InChI=1S/C17H13F2NO2/c1-17(18,19)12-6-4-11(5-7-12)15(21)14-9-8-13(10-2-3-10)16(22)20-14/h4,6,8-10H,2-3H2,1H3,(H,20,22). The molecule has 0 bridgehead atoms. The third-order valence-electron chi connectivity index (χ3n) is 3.67. The second-order valence-corrected chi connectivity index (χ2v) is 5.56. The van der Waals surface area contributed by atoms with Crippen LogP contribution in [0.2, 0.25) is 0 Å². The zero-order valence-corrected chi connectivity index (χ0v) is 11.9. The van der Waals surface area contributed by atoms with E-state index in [1.165, 1.54) is 6.07 Å². The molecule has 1 aromatic carbocycles. The first-order chi connectivity index (χ1) is 10.4. The molecule has 1 N–H and O–H groups in total. The Labute approximate surface area is 126 Å². The van der Waals surface area contributed by atoms with E-state index in [-0.39, 0.29) is 22.4 Å². The fourth-order valence-electron chi connectivity index (χ4n) is 2.25. The van der Waals surface area contributed by atoms with Gasteiger partial charge in [-0.1, -0.05) is 18.2 Å². The molecule has 3 nitrogen and oxygen atoms in total. The van der Waals surface area contributed by atoms with Gasteiger partial charge in [-0.15, -0.1) is 0 Å². The number of ketones is 1. The van der Waals surface area contributed by atoms with Gasteiger partial charge in [0.2, 0.25) is 5.78 Å². The molecule has 0 spiro atoms. The molecule has 3 rings (SSSR count). The highest BCUT2D eigenvalue weighted by atomic mass is 19.3. The van der Waals surface area contributed by atoms with Gasteiger partial charge in [0.1, 0.15) is 0 Å². The van der Waals surface area contributed by atoms with Crippen LogP contribution >= 0.6 is 0 Å². The molecule has 0 amide bonds. The van der Waals surface area contributed by atoms with Crippen molar-refractivity contribution in [2.24, 2.45) is 0 Å². The minimum atomic E-state index is -3.03. The van der Waals surface area contributed by atoms with Gasteiger partial charge in [-0.3, -0.25) is 9.59 Å². The molecule has 1 aliphatic rings. The fourth-order valence-corrected chi connectivity index (χ4v) is 2.25. The van der Waals surface area contributed by atoms with Gasteiger partial charge in [0.25, 0.3) is 11.5 Å². The number of halogens is 2. The maximum atomic E-state index is 13.1. The van der Waals surface area contributed by atoms with E-state index < -0.39 is 11.7 Å². The van der Waals surface area contributed by atoms with Crippen molar-refractivity contribution in [3.05, 3.63) is 69.1 Å². The van der Waals surface area contributed by atoms with E-state index in [4.69, 9.17) is 0 Å². The van der Waals surface area contributed by atoms with Crippen LogP contribution < -0.4 is 5.56 Å². The van der Waals surface area contributed by atoms with Crippen LogP contribution in [-0.4, -0.2) is 10.8 Å². The van der Waals surface area contributed by atoms with Crippen LogP contribution in [-0.2, 0) is 5.92 Å². The number of rotatable bonds is 4. The molecule has 0 radical (unpaired) electrons. The molecule has 22 heavy (non-hydrogen) atoms. The third-order valence-corrected chi connectivity index (χ3v) is 3.67. The Hall–Kier alpha value is -2.48. The van der Waals surface area contributed by atoms with Crippen molar-refractivity contribution in [1.82, 2.24) is 4.98 Å². The van der Waals surface area contributed by atoms with E-state index >= 15 is 0 Å². The minimum absolute atomic E-state index is 0.0859. The molecule has 0 saturated heterocycles. The number of pyridine rings is 1. The number of hydrogen-bond donors (Lipinski definition) is 1. The summed E-state index contributed by atoms with van der Waals surface area (Å²) in [6, 6.07) is 10.3. The molecule has 5 heteroatoms. The van der Waals surface area contributed by atoms with Crippen LogP contribution in [0.5, 0.6) is 0 Å². The van der Waals surface area contributed by atoms with Crippen molar-refractivity contribution in [3.8, 4) is 0 Å². The first-order valence-corrected chi connectivity index (χ1v) is 6.96. The summed E-state index contributed by atoms with van der Waals surface area (Å²) < 4.78 is 26.2.